The third-order valence-corrected chi connectivity index (χ3v) is 5.16. The molecule has 116 valence electrons. The highest BCUT2D eigenvalue weighted by Gasteiger charge is 2.13. The number of hydrogen-bond donors (Lipinski definition) is 1. The first-order valence-corrected chi connectivity index (χ1v) is 8.86. The monoisotopic (exact) mass is 319 g/mol. The maximum atomic E-state index is 3.96. The first-order valence-electron chi connectivity index (χ1n) is 8.04. The number of rotatable bonds is 2. The summed E-state index contributed by atoms with van der Waals surface area (Å²) in [7, 11) is 0. The van der Waals surface area contributed by atoms with E-state index in [9.17, 15) is 0 Å². The Bertz CT molecular complexity index is 1010. The first-order chi connectivity index (χ1) is 11.3. The lowest BCUT2D eigenvalue weighted by molar-refractivity contribution is 1.50. The van der Waals surface area contributed by atoms with Crippen LogP contribution in [0.1, 0.15) is 31.2 Å². The van der Waals surface area contributed by atoms with Gasteiger partial charge in [0, 0.05) is 32.1 Å². The Hall–Kier alpha value is -2.32. The molecule has 2 heteroatoms. The molecule has 1 N–H and O–H groups in total. The second kappa shape index (κ2) is 6.43. The molecule has 0 radical (unpaired) electrons. The zero-order chi connectivity index (χ0) is 16.4. The van der Waals surface area contributed by atoms with Gasteiger partial charge in [-0.2, -0.15) is 0 Å². The number of hydrogen-bond acceptors (Lipinski definition) is 1. The quantitative estimate of drug-likeness (QED) is 0.401. The largest absolute Gasteiger partial charge is 0.353 e. The first kappa shape index (κ1) is 15.6. The van der Waals surface area contributed by atoms with Crippen molar-refractivity contribution in [2.45, 2.75) is 20.8 Å². The summed E-state index contributed by atoms with van der Waals surface area (Å²) in [6, 6.07) is 12.9. The van der Waals surface area contributed by atoms with Crippen molar-refractivity contribution in [3.8, 4) is 0 Å². The highest BCUT2D eigenvalue weighted by atomic mass is 32.1. The minimum atomic E-state index is 1.20. The lowest BCUT2D eigenvalue weighted by Crippen LogP contribution is -1.73. The zero-order valence-electron chi connectivity index (χ0n) is 13.8. The molecule has 0 fully saturated rings. The molecule has 2 heterocycles. The Morgan fingerprint density at radius 1 is 1.00 bits per heavy atom. The second-order valence-corrected chi connectivity index (χ2v) is 6.17. The summed E-state index contributed by atoms with van der Waals surface area (Å²) in [5, 5.41) is 3.88. The molecule has 1 nitrogen and oxygen atoms in total. The van der Waals surface area contributed by atoms with Crippen molar-refractivity contribution in [1.29, 1.82) is 0 Å². The molecule has 0 bridgehead atoms. The van der Waals surface area contributed by atoms with Crippen molar-refractivity contribution in [3.05, 3.63) is 59.5 Å². The molecule has 4 aromatic rings. The van der Waals surface area contributed by atoms with Gasteiger partial charge in [0.05, 0.1) is 10.2 Å². The van der Waals surface area contributed by atoms with Crippen LogP contribution in [0.15, 0.2) is 49.1 Å². The summed E-state index contributed by atoms with van der Waals surface area (Å²) in [5.74, 6) is 0. The molecule has 2 aromatic carbocycles. The molecule has 4 rings (SSSR count). The van der Waals surface area contributed by atoms with Crippen molar-refractivity contribution in [2.24, 2.45) is 0 Å². The summed E-state index contributed by atoms with van der Waals surface area (Å²) in [4.78, 5) is 4.81. The summed E-state index contributed by atoms with van der Waals surface area (Å²) in [6.45, 7) is 10.0. The molecule has 0 saturated heterocycles. The van der Waals surface area contributed by atoms with E-state index in [1.165, 1.54) is 42.3 Å². The predicted octanol–water partition coefficient (Wildman–Crippen LogP) is 7.24. The van der Waals surface area contributed by atoms with Gasteiger partial charge in [-0.25, -0.2) is 0 Å². The minimum absolute atomic E-state index is 1.20. The summed E-state index contributed by atoms with van der Waals surface area (Å²) < 4.78 is 1.31. The van der Waals surface area contributed by atoms with Crippen LogP contribution in [-0.4, -0.2) is 4.98 Å². The smallest absolute Gasteiger partial charge is 0.0646 e. The number of aromatic nitrogens is 1. The maximum absolute atomic E-state index is 3.96. The number of H-pyrrole nitrogens is 1. The zero-order valence-corrected chi connectivity index (χ0v) is 14.6. The maximum Gasteiger partial charge on any atom is 0.0646 e. The summed E-state index contributed by atoms with van der Waals surface area (Å²) >= 11 is 1.81. The Morgan fingerprint density at radius 3 is 2.48 bits per heavy atom. The van der Waals surface area contributed by atoms with Gasteiger partial charge in [-0.15, -0.1) is 11.3 Å². The molecule has 0 aliphatic carbocycles. The standard InChI is InChI=1S/C19H15NS.C2H6/c1-3-7-13-15-11-10-14-12-8-5-6-9-16(12)20-18(14)19(15)21-17(13)4-2;1-2/h3-11,20H,2H2,1H3;1-2H3/b7-3-;. The van der Waals surface area contributed by atoms with Gasteiger partial charge in [-0.1, -0.05) is 69.0 Å². The van der Waals surface area contributed by atoms with Crippen LogP contribution in [0.2, 0.25) is 0 Å². The predicted molar refractivity (Wildman–Crippen MR) is 107 cm³/mol. The van der Waals surface area contributed by atoms with Gasteiger partial charge in [0.25, 0.3) is 0 Å². The van der Waals surface area contributed by atoms with Gasteiger partial charge in [0.15, 0.2) is 0 Å². The molecule has 0 unspecified atom stereocenters. The van der Waals surface area contributed by atoms with Crippen LogP contribution in [0, 0.1) is 0 Å². The third-order valence-electron chi connectivity index (χ3n) is 3.92. The van der Waals surface area contributed by atoms with Gasteiger partial charge >= 0.3 is 0 Å². The van der Waals surface area contributed by atoms with E-state index < -0.39 is 0 Å². The molecular formula is C21H21NS. The Morgan fingerprint density at radius 2 is 1.74 bits per heavy atom. The number of nitrogens with one attached hydrogen (secondary N) is 1. The number of thiophene rings is 1. The van der Waals surface area contributed by atoms with E-state index in [0.29, 0.717) is 0 Å². The Kier molecular flexibility index (Phi) is 4.35. The number of benzene rings is 2. The van der Waals surface area contributed by atoms with E-state index in [1.807, 2.05) is 31.3 Å². The van der Waals surface area contributed by atoms with Gasteiger partial charge in [0.1, 0.15) is 0 Å². The Labute approximate surface area is 141 Å². The SMILES string of the molecule is C=Cc1sc2c(ccc3c4ccccc4[nH]c32)c1/C=C\C.CC. The van der Waals surface area contributed by atoms with E-state index in [0.717, 1.165) is 0 Å². The Balaban J connectivity index is 0.000000753. The fourth-order valence-corrected chi connectivity index (χ4v) is 4.14. The van der Waals surface area contributed by atoms with E-state index in [2.05, 4.69) is 67.0 Å². The molecule has 0 saturated carbocycles. The van der Waals surface area contributed by atoms with Crippen molar-refractivity contribution >= 4 is 55.4 Å². The molecule has 0 spiro atoms. The molecular weight excluding hydrogens is 298 g/mol. The van der Waals surface area contributed by atoms with Crippen molar-refractivity contribution in [2.75, 3.05) is 0 Å². The van der Waals surface area contributed by atoms with Crippen LogP contribution in [0.3, 0.4) is 0 Å². The molecule has 0 aliphatic rings. The lowest BCUT2D eigenvalue weighted by Gasteiger charge is -1.95. The van der Waals surface area contributed by atoms with Gasteiger partial charge < -0.3 is 4.98 Å². The molecule has 23 heavy (non-hydrogen) atoms. The van der Waals surface area contributed by atoms with Gasteiger partial charge in [-0.3, -0.25) is 0 Å². The fourth-order valence-electron chi connectivity index (χ4n) is 3.00. The van der Waals surface area contributed by atoms with Crippen LogP contribution in [0.25, 0.3) is 44.0 Å². The molecule has 0 amide bonds. The normalized spacial score (nSPS) is 11.3. The lowest BCUT2D eigenvalue weighted by atomic mass is 10.1. The number of fused-ring (bicyclic) bond motifs is 5. The van der Waals surface area contributed by atoms with E-state index in [1.54, 1.807) is 0 Å². The van der Waals surface area contributed by atoms with E-state index in [-0.39, 0.29) is 0 Å². The average Bonchev–Trinajstić information content (AvgIpc) is 3.15. The second-order valence-electron chi connectivity index (χ2n) is 5.12. The van der Waals surface area contributed by atoms with Crippen molar-refractivity contribution < 1.29 is 0 Å². The number of para-hydroxylation sites is 1. The highest BCUT2D eigenvalue weighted by Crippen LogP contribution is 2.39. The van der Waals surface area contributed by atoms with Crippen LogP contribution in [0.5, 0.6) is 0 Å². The fraction of sp³-hybridized carbons (Fsp3) is 0.143. The number of allylic oxidation sites excluding steroid dienone is 1. The topological polar surface area (TPSA) is 15.8 Å². The van der Waals surface area contributed by atoms with Crippen LogP contribution in [-0.2, 0) is 0 Å². The number of aromatic amines is 1. The summed E-state index contributed by atoms with van der Waals surface area (Å²) in [6.07, 6.45) is 6.21. The van der Waals surface area contributed by atoms with Gasteiger partial charge in [0.2, 0.25) is 0 Å². The van der Waals surface area contributed by atoms with Crippen molar-refractivity contribution in [1.82, 2.24) is 4.98 Å². The van der Waals surface area contributed by atoms with Crippen LogP contribution < -0.4 is 0 Å². The van der Waals surface area contributed by atoms with Crippen LogP contribution >= 0.6 is 11.3 Å². The van der Waals surface area contributed by atoms with Crippen LogP contribution in [0.4, 0.5) is 0 Å². The minimum Gasteiger partial charge on any atom is -0.353 e. The molecule has 0 atom stereocenters. The van der Waals surface area contributed by atoms with Crippen molar-refractivity contribution in [3.63, 3.8) is 0 Å². The molecule has 2 aromatic heterocycles. The summed E-state index contributed by atoms with van der Waals surface area (Å²) in [5.41, 5.74) is 3.70. The van der Waals surface area contributed by atoms with Gasteiger partial charge in [-0.05, 0) is 13.0 Å². The van der Waals surface area contributed by atoms with E-state index >= 15 is 0 Å². The highest BCUT2D eigenvalue weighted by molar-refractivity contribution is 7.21. The molecule has 0 aliphatic heterocycles. The third kappa shape index (κ3) is 2.40. The van der Waals surface area contributed by atoms with E-state index in [4.69, 9.17) is 0 Å². The average molecular weight is 319 g/mol.